The van der Waals surface area contributed by atoms with E-state index in [0.29, 0.717) is 5.56 Å². The number of rotatable bonds is 4. The first-order valence-corrected chi connectivity index (χ1v) is 7.42. The van der Waals surface area contributed by atoms with Gasteiger partial charge in [0.15, 0.2) is 11.6 Å². The lowest BCUT2D eigenvalue weighted by Gasteiger charge is -2.13. The van der Waals surface area contributed by atoms with E-state index in [9.17, 15) is 18.0 Å². The number of hydrogen-bond donors (Lipinski definition) is 2. The Morgan fingerprint density at radius 3 is 2.31 bits per heavy atom. The van der Waals surface area contributed by atoms with E-state index >= 15 is 0 Å². The van der Waals surface area contributed by atoms with E-state index < -0.39 is 17.6 Å². The summed E-state index contributed by atoms with van der Waals surface area (Å²) in [6, 6.07) is 11.1. The number of carbonyl (C=O) groups excluding carboxylic acids is 1. The molecule has 1 amide bonds. The van der Waals surface area contributed by atoms with Gasteiger partial charge in [0.05, 0.1) is 16.8 Å². The highest BCUT2D eigenvalue weighted by Crippen LogP contribution is 2.35. The molecule has 0 aliphatic heterocycles. The molecule has 132 valence electrons. The van der Waals surface area contributed by atoms with E-state index in [4.69, 9.17) is 0 Å². The van der Waals surface area contributed by atoms with Crippen molar-refractivity contribution in [1.29, 1.82) is 0 Å². The topological polar surface area (TPSA) is 79.8 Å². The Bertz CT molecular complexity index is 898. The highest BCUT2D eigenvalue weighted by atomic mass is 19.4. The lowest BCUT2D eigenvalue weighted by Crippen LogP contribution is -2.14. The number of carbonyl (C=O) groups is 1. The molecule has 0 radical (unpaired) electrons. The van der Waals surface area contributed by atoms with E-state index in [1.807, 2.05) is 0 Å². The summed E-state index contributed by atoms with van der Waals surface area (Å²) in [5.74, 6) is -0.148. The summed E-state index contributed by atoms with van der Waals surface area (Å²) in [6.45, 7) is 0. The van der Waals surface area contributed by atoms with Crippen LogP contribution in [0, 0.1) is 0 Å². The molecule has 0 bridgehead atoms. The minimum atomic E-state index is -4.49. The van der Waals surface area contributed by atoms with Gasteiger partial charge >= 0.3 is 6.18 Å². The Kier molecular flexibility index (Phi) is 4.78. The van der Waals surface area contributed by atoms with Crippen LogP contribution < -0.4 is 10.6 Å². The molecule has 0 aliphatic rings. The number of amides is 1. The Balaban J connectivity index is 1.72. The normalized spacial score (nSPS) is 11.0. The van der Waals surface area contributed by atoms with Gasteiger partial charge in [-0.25, -0.2) is 0 Å². The third kappa shape index (κ3) is 4.12. The monoisotopic (exact) mass is 359 g/mol. The van der Waals surface area contributed by atoms with Crippen molar-refractivity contribution in [3.05, 3.63) is 72.1 Å². The van der Waals surface area contributed by atoms with Crippen LogP contribution in [0.5, 0.6) is 0 Å². The fraction of sp³-hybridized carbons (Fsp3) is 0.0588. The minimum Gasteiger partial charge on any atom is -0.338 e. The van der Waals surface area contributed by atoms with E-state index in [1.165, 1.54) is 42.7 Å². The molecule has 2 aromatic heterocycles. The molecule has 2 N–H and O–H groups in total. The van der Waals surface area contributed by atoms with Crippen LogP contribution in [0.15, 0.2) is 60.9 Å². The van der Waals surface area contributed by atoms with Crippen molar-refractivity contribution in [2.75, 3.05) is 10.6 Å². The van der Waals surface area contributed by atoms with Gasteiger partial charge in [-0.2, -0.15) is 13.2 Å². The average Bonchev–Trinajstić information content (AvgIpc) is 2.63. The molecule has 3 aromatic rings. The van der Waals surface area contributed by atoms with E-state index in [2.05, 4.69) is 25.8 Å². The predicted octanol–water partition coefficient (Wildman–Crippen LogP) is 3.89. The van der Waals surface area contributed by atoms with Gasteiger partial charge in [-0.05, 0) is 36.4 Å². The Morgan fingerprint density at radius 2 is 1.65 bits per heavy atom. The molecule has 0 saturated carbocycles. The number of para-hydroxylation sites is 1. The summed E-state index contributed by atoms with van der Waals surface area (Å²) >= 11 is 0. The summed E-state index contributed by atoms with van der Waals surface area (Å²) in [5.41, 5.74) is -0.604. The maximum Gasteiger partial charge on any atom is 0.418 e. The number of aromatic nitrogens is 3. The Morgan fingerprint density at radius 1 is 0.923 bits per heavy atom. The van der Waals surface area contributed by atoms with Crippen molar-refractivity contribution in [3.63, 3.8) is 0 Å². The van der Waals surface area contributed by atoms with Crippen molar-refractivity contribution in [2.24, 2.45) is 0 Å². The van der Waals surface area contributed by atoms with Crippen LogP contribution in [0.25, 0.3) is 0 Å². The number of nitrogens with zero attached hydrogens (tertiary/aromatic N) is 3. The second-order valence-electron chi connectivity index (χ2n) is 5.17. The third-order valence-corrected chi connectivity index (χ3v) is 3.33. The summed E-state index contributed by atoms with van der Waals surface area (Å²) in [5, 5.41) is 12.7. The van der Waals surface area contributed by atoms with E-state index in [0.717, 1.165) is 6.07 Å². The quantitative estimate of drug-likeness (QED) is 0.739. The number of benzene rings is 1. The molecular formula is C17H12F3N5O. The number of halogens is 3. The van der Waals surface area contributed by atoms with Gasteiger partial charge in [-0.1, -0.05) is 12.1 Å². The van der Waals surface area contributed by atoms with Crippen LogP contribution in [-0.2, 0) is 6.18 Å². The highest BCUT2D eigenvalue weighted by Gasteiger charge is 2.33. The molecule has 6 nitrogen and oxygen atoms in total. The first-order chi connectivity index (χ1) is 12.4. The molecular weight excluding hydrogens is 347 g/mol. The fourth-order valence-electron chi connectivity index (χ4n) is 2.13. The predicted molar refractivity (Wildman–Crippen MR) is 88.9 cm³/mol. The molecule has 26 heavy (non-hydrogen) atoms. The maximum absolute atomic E-state index is 13.0. The van der Waals surface area contributed by atoms with Crippen LogP contribution in [0.2, 0.25) is 0 Å². The molecule has 0 saturated heterocycles. The van der Waals surface area contributed by atoms with Gasteiger partial charge in [-0.15, -0.1) is 10.2 Å². The highest BCUT2D eigenvalue weighted by molar-refractivity contribution is 6.03. The molecule has 0 spiro atoms. The average molecular weight is 359 g/mol. The van der Waals surface area contributed by atoms with Crippen molar-refractivity contribution < 1.29 is 18.0 Å². The standard InChI is InChI=1S/C17H12F3N5O/c18-17(19,20)12-5-1-2-6-13(12)22-14-7-8-15(25-24-14)23-16(26)11-4-3-9-21-10-11/h1-10H,(H,22,24)(H,23,25,26). The zero-order valence-corrected chi connectivity index (χ0v) is 13.2. The summed E-state index contributed by atoms with van der Waals surface area (Å²) < 4.78 is 39.0. The molecule has 0 unspecified atom stereocenters. The van der Waals surface area contributed by atoms with Gasteiger partial charge in [0.2, 0.25) is 0 Å². The number of pyridine rings is 1. The number of hydrogen-bond acceptors (Lipinski definition) is 5. The van der Waals surface area contributed by atoms with Crippen LogP contribution in [0.4, 0.5) is 30.5 Å². The van der Waals surface area contributed by atoms with Crippen LogP contribution in [-0.4, -0.2) is 21.1 Å². The lowest BCUT2D eigenvalue weighted by atomic mass is 10.1. The third-order valence-electron chi connectivity index (χ3n) is 3.33. The second-order valence-corrected chi connectivity index (χ2v) is 5.17. The summed E-state index contributed by atoms with van der Waals surface area (Å²) in [4.78, 5) is 15.8. The van der Waals surface area contributed by atoms with Gasteiger partial charge in [0, 0.05) is 12.4 Å². The molecule has 0 atom stereocenters. The SMILES string of the molecule is O=C(Nc1ccc(Nc2ccccc2C(F)(F)F)nn1)c1cccnc1. The summed E-state index contributed by atoms with van der Waals surface area (Å²) in [6.07, 6.45) is -1.56. The van der Waals surface area contributed by atoms with Crippen molar-refractivity contribution in [2.45, 2.75) is 6.18 Å². The van der Waals surface area contributed by atoms with Crippen molar-refractivity contribution in [3.8, 4) is 0 Å². The zero-order valence-electron chi connectivity index (χ0n) is 13.2. The fourth-order valence-corrected chi connectivity index (χ4v) is 2.13. The Hall–Kier alpha value is -3.49. The molecule has 2 heterocycles. The minimum absolute atomic E-state index is 0.112. The molecule has 9 heteroatoms. The van der Waals surface area contributed by atoms with Gasteiger partial charge in [-0.3, -0.25) is 9.78 Å². The van der Waals surface area contributed by atoms with Gasteiger partial charge in [0.1, 0.15) is 0 Å². The van der Waals surface area contributed by atoms with Crippen LogP contribution >= 0.6 is 0 Å². The number of nitrogens with one attached hydrogen (secondary N) is 2. The number of alkyl halides is 3. The first-order valence-electron chi connectivity index (χ1n) is 7.42. The molecule has 1 aromatic carbocycles. The molecule has 3 rings (SSSR count). The van der Waals surface area contributed by atoms with Crippen molar-refractivity contribution in [1.82, 2.24) is 15.2 Å². The van der Waals surface area contributed by atoms with E-state index in [1.54, 1.807) is 12.1 Å². The zero-order chi connectivity index (χ0) is 18.6. The Labute approximate surface area is 146 Å². The number of anilines is 3. The van der Waals surface area contributed by atoms with Crippen molar-refractivity contribution >= 4 is 23.2 Å². The largest absolute Gasteiger partial charge is 0.418 e. The molecule has 0 aliphatic carbocycles. The van der Waals surface area contributed by atoms with Crippen LogP contribution in [0.3, 0.4) is 0 Å². The smallest absolute Gasteiger partial charge is 0.338 e. The summed E-state index contributed by atoms with van der Waals surface area (Å²) in [7, 11) is 0. The maximum atomic E-state index is 13.0. The lowest BCUT2D eigenvalue weighted by molar-refractivity contribution is -0.136. The van der Waals surface area contributed by atoms with Gasteiger partial charge < -0.3 is 10.6 Å². The first kappa shape index (κ1) is 17.3. The van der Waals surface area contributed by atoms with Crippen LogP contribution in [0.1, 0.15) is 15.9 Å². The van der Waals surface area contributed by atoms with E-state index in [-0.39, 0.29) is 17.3 Å². The second kappa shape index (κ2) is 7.18. The van der Waals surface area contributed by atoms with Gasteiger partial charge in [0.25, 0.3) is 5.91 Å². The molecule has 0 fully saturated rings.